The molecule has 0 N–H and O–H groups in total. The predicted molar refractivity (Wildman–Crippen MR) is 96.7 cm³/mol. The van der Waals surface area contributed by atoms with Crippen LogP contribution in [0, 0.1) is 5.41 Å². The molecule has 0 fully saturated rings. The molecule has 0 aromatic heterocycles. The molecule has 0 spiro atoms. The highest BCUT2D eigenvalue weighted by molar-refractivity contribution is 5.78. The quantitative estimate of drug-likeness (QED) is 0.254. The Hall–Kier alpha value is -2.12. The fourth-order valence-corrected chi connectivity index (χ4v) is 1.96. The van der Waals surface area contributed by atoms with Gasteiger partial charge in [0.05, 0.1) is 13.2 Å². The number of esters is 4. The third-order valence-electron chi connectivity index (χ3n) is 3.75. The van der Waals surface area contributed by atoms with Gasteiger partial charge in [0.15, 0.2) is 0 Å². The first-order valence-corrected chi connectivity index (χ1v) is 9.37. The minimum absolute atomic E-state index is 0.188. The summed E-state index contributed by atoms with van der Waals surface area (Å²) in [5.41, 5.74) is -1.25. The van der Waals surface area contributed by atoms with E-state index in [4.69, 9.17) is 18.9 Å². The predicted octanol–water partition coefficient (Wildman–Crippen LogP) is 2.57. The van der Waals surface area contributed by atoms with Gasteiger partial charge in [0.2, 0.25) is 0 Å². The van der Waals surface area contributed by atoms with Gasteiger partial charge in [0.1, 0.15) is 18.6 Å². The fraction of sp³-hybridized carbons (Fsp3) is 0.789. The van der Waals surface area contributed by atoms with E-state index < -0.39 is 23.3 Å². The van der Waals surface area contributed by atoms with E-state index in [1.165, 1.54) is 6.92 Å². The molecule has 0 atom stereocenters. The van der Waals surface area contributed by atoms with Gasteiger partial charge in [0, 0.05) is 19.8 Å². The van der Waals surface area contributed by atoms with Crippen molar-refractivity contribution < 1.29 is 38.1 Å². The molecule has 0 amide bonds. The number of hydrogen-bond acceptors (Lipinski definition) is 8. The summed E-state index contributed by atoms with van der Waals surface area (Å²) < 4.78 is 20.2. The van der Waals surface area contributed by atoms with Crippen molar-refractivity contribution >= 4 is 23.9 Å². The van der Waals surface area contributed by atoms with Crippen LogP contribution in [0.3, 0.4) is 0 Å². The Morgan fingerprint density at radius 1 is 0.704 bits per heavy atom. The highest BCUT2D eigenvalue weighted by Gasteiger charge is 2.38. The number of carbonyl (C=O) groups is 4. The lowest BCUT2D eigenvalue weighted by atomic mass is 9.93. The second-order valence-corrected chi connectivity index (χ2v) is 6.48. The standard InChI is InChI=1S/C19H32O8/c1-5-16(21)26-13-19(4,14-27-17(22)6-2)18(23)25-12-10-8-7-9-11-24-15(3)20/h5-14H2,1-4H3. The molecule has 0 saturated carbocycles. The van der Waals surface area contributed by atoms with Gasteiger partial charge < -0.3 is 18.9 Å². The van der Waals surface area contributed by atoms with E-state index in [1.54, 1.807) is 20.8 Å². The van der Waals surface area contributed by atoms with Gasteiger partial charge in [-0.1, -0.05) is 13.8 Å². The second kappa shape index (κ2) is 14.0. The highest BCUT2D eigenvalue weighted by Crippen LogP contribution is 2.21. The maximum Gasteiger partial charge on any atom is 0.318 e. The Morgan fingerprint density at radius 3 is 1.56 bits per heavy atom. The molecule has 0 aliphatic heterocycles. The molecule has 0 bridgehead atoms. The first kappa shape index (κ1) is 24.9. The van der Waals surface area contributed by atoms with Crippen LogP contribution in [0.5, 0.6) is 0 Å². The smallest absolute Gasteiger partial charge is 0.318 e. The van der Waals surface area contributed by atoms with E-state index in [-0.39, 0.29) is 38.6 Å². The van der Waals surface area contributed by atoms with Crippen molar-refractivity contribution in [2.75, 3.05) is 26.4 Å². The van der Waals surface area contributed by atoms with Crippen molar-refractivity contribution in [3.05, 3.63) is 0 Å². The molecule has 0 aromatic carbocycles. The maximum atomic E-state index is 12.4. The molecule has 0 unspecified atom stereocenters. The summed E-state index contributed by atoms with van der Waals surface area (Å²) in [6.45, 7) is 6.39. The van der Waals surface area contributed by atoms with Gasteiger partial charge >= 0.3 is 23.9 Å². The van der Waals surface area contributed by atoms with E-state index >= 15 is 0 Å². The van der Waals surface area contributed by atoms with Crippen LogP contribution in [0.15, 0.2) is 0 Å². The molecule has 0 aromatic rings. The molecule has 0 rings (SSSR count). The van der Waals surface area contributed by atoms with Crippen LogP contribution in [0.4, 0.5) is 0 Å². The Balaban J connectivity index is 4.33. The van der Waals surface area contributed by atoms with Crippen LogP contribution in [0.25, 0.3) is 0 Å². The zero-order valence-corrected chi connectivity index (χ0v) is 16.8. The average Bonchev–Trinajstić information content (AvgIpc) is 2.65. The largest absolute Gasteiger partial charge is 0.466 e. The van der Waals surface area contributed by atoms with Gasteiger partial charge in [0.25, 0.3) is 0 Å². The number of hydrogen-bond donors (Lipinski definition) is 0. The van der Waals surface area contributed by atoms with Crippen LogP contribution < -0.4 is 0 Å². The summed E-state index contributed by atoms with van der Waals surface area (Å²) in [6.07, 6.45) is 3.46. The molecular weight excluding hydrogens is 356 g/mol. The molecular formula is C19H32O8. The number of rotatable bonds is 14. The van der Waals surface area contributed by atoms with Crippen molar-refractivity contribution in [3.63, 3.8) is 0 Å². The number of carbonyl (C=O) groups excluding carboxylic acids is 4. The zero-order valence-electron chi connectivity index (χ0n) is 16.8. The van der Waals surface area contributed by atoms with Crippen LogP contribution in [-0.2, 0) is 38.1 Å². The Morgan fingerprint density at radius 2 is 1.15 bits per heavy atom. The molecule has 0 radical (unpaired) electrons. The minimum atomic E-state index is -1.25. The van der Waals surface area contributed by atoms with Crippen LogP contribution in [0.2, 0.25) is 0 Å². The highest BCUT2D eigenvalue weighted by atomic mass is 16.6. The summed E-state index contributed by atoms with van der Waals surface area (Å²) in [6, 6.07) is 0. The lowest BCUT2D eigenvalue weighted by Crippen LogP contribution is -2.40. The van der Waals surface area contributed by atoms with Crippen molar-refractivity contribution in [1.82, 2.24) is 0 Å². The van der Waals surface area contributed by atoms with Crippen molar-refractivity contribution in [2.24, 2.45) is 5.41 Å². The summed E-state index contributed by atoms with van der Waals surface area (Å²) in [5.74, 6) is -1.75. The number of unbranched alkanes of at least 4 members (excludes halogenated alkanes) is 3. The Bertz CT molecular complexity index is 466. The van der Waals surface area contributed by atoms with E-state index in [9.17, 15) is 19.2 Å². The van der Waals surface area contributed by atoms with Crippen LogP contribution in [-0.4, -0.2) is 50.3 Å². The molecule has 0 saturated heterocycles. The third-order valence-corrected chi connectivity index (χ3v) is 3.75. The minimum Gasteiger partial charge on any atom is -0.466 e. The van der Waals surface area contributed by atoms with E-state index in [2.05, 4.69) is 0 Å². The first-order valence-electron chi connectivity index (χ1n) is 9.37. The van der Waals surface area contributed by atoms with Gasteiger partial charge in [-0.2, -0.15) is 0 Å². The molecule has 0 aliphatic rings. The lowest BCUT2D eigenvalue weighted by Gasteiger charge is -2.26. The van der Waals surface area contributed by atoms with E-state index in [1.807, 2.05) is 0 Å². The monoisotopic (exact) mass is 388 g/mol. The van der Waals surface area contributed by atoms with E-state index in [0.717, 1.165) is 19.3 Å². The zero-order chi connectivity index (χ0) is 20.7. The molecule has 27 heavy (non-hydrogen) atoms. The van der Waals surface area contributed by atoms with Crippen molar-refractivity contribution in [2.45, 2.75) is 66.2 Å². The fourth-order valence-electron chi connectivity index (χ4n) is 1.96. The van der Waals surface area contributed by atoms with Crippen molar-refractivity contribution in [3.8, 4) is 0 Å². The summed E-state index contributed by atoms with van der Waals surface area (Å²) in [7, 11) is 0. The van der Waals surface area contributed by atoms with Crippen LogP contribution in [0.1, 0.15) is 66.2 Å². The van der Waals surface area contributed by atoms with Gasteiger partial charge in [-0.3, -0.25) is 19.2 Å². The van der Waals surface area contributed by atoms with Crippen molar-refractivity contribution in [1.29, 1.82) is 0 Å². The average molecular weight is 388 g/mol. The Labute approximate surface area is 160 Å². The molecule has 156 valence electrons. The lowest BCUT2D eigenvalue weighted by molar-refractivity contribution is -0.170. The number of ether oxygens (including phenoxy) is 4. The Kier molecular flexibility index (Phi) is 12.9. The van der Waals surface area contributed by atoms with E-state index in [0.29, 0.717) is 13.0 Å². The van der Waals surface area contributed by atoms with Gasteiger partial charge in [-0.15, -0.1) is 0 Å². The topological polar surface area (TPSA) is 105 Å². The van der Waals surface area contributed by atoms with Gasteiger partial charge in [-0.05, 0) is 32.6 Å². The third kappa shape index (κ3) is 12.0. The second-order valence-electron chi connectivity index (χ2n) is 6.48. The van der Waals surface area contributed by atoms with Crippen LogP contribution >= 0.6 is 0 Å². The molecule has 0 heterocycles. The normalized spacial score (nSPS) is 10.8. The molecule has 8 heteroatoms. The summed E-state index contributed by atoms with van der Waals surface area (Å²) >= 11 is 0. The maximum absolute atomic E-state index is 12.4. The summed E-state index contributed by atoms with van der Waals surface area (Å²) in [4.78, 5) is 45.8. The van der Waals surface area contributed by atoms with Gasteiger partial charge in [-0.25, -0.2) is 0 Å². The first-order chi connectivity index (χ1) is 12.7. The molecule has 0 aliphatic carbocycles. The SMILES string of the molecule is CCC(=O)OCC(C)(COC(=O)CC)C(=O)OCCCCCCOC(C)=O. The molecule has 8 nitrogen and oxygen atoms in total. The summed E-state index contributed by atoms with van der Waals surface area (Å²) in [5, 5.41) is 0.